The molecule has 2 aromatic heterocycles. The standard InChI is InChI=1S/C20H22N4O3/c1-13(2)27-18-10-17(22-20(21)23-18)15-4-6-16(7-5-15)19(25)24(3)11-14-8-9-26-12-14/h4-10,12-13H,11H2,1-3H3,(H2,21,22,23). The number of hydrogen-bond donors (Lipinski definition) is 1. The lowest BCUT2D eigenvalue weighted by Gasteiger charge is -2.16. The Morgan fingerprint density at radius 3 is 2.59 bits per heavy atom. The molecule has 27 heavy (non-hydrogen) atoms. The summed E-state index contributed by atoms with van der Waals surface area (Å²) in [7, 11) is 1.75. The highest BCUT2D eigenvalue weighted by atomic mass is 16.5. The van der Waals surface area contributed by atoms with Crippen molar-refractivity contribution in [1.82, 2.24) is 14.9 Å². The molecule has 0 spiro atoms. The summed E-state index contributed by atoms with van der Waals surface area (Å²) in [5.74, 6) is 0.490. The van der Waals surface area contributed by atoms with Crippen LogP contribution in [0, 0.1) is 0 Å². The Labute approximate surface area is 157 Å². The Balaban J connectivity index is 1.77. The molecule has 0 fully saturated rings. The second-order valence-corrected chi connectivity index (χ2v) is 6.49. The van der Waals surface area contributed by atoms with E-state index in [-0.39, 0.29) is 18.0 Å². The zero-order valence-electron chi connectivity index (χ0n) is 15.5. The van der Waals surface area contributed by atoms with Crippen molar-refractivity contribution in [3.63, 3.8) is 0 Å². The fourth-order valence-corrected chi connectivity index (χ4v) is 2.62. The van der Waals surface area contributed by atoms with Gasteiger partial charge in [-0.1, -0.05) is 12.1 Å². The first-order chi connectivity index (χ1) is 12.9. The summed E-state index contributed by atoms with van der Waals surface area (Å²) >= 11 is 0. The smallest absolute Gasteiger partial charge is 0.253 e. The van der Waals surface area contributed by atoms with E-state index in [2.05, 4.69) is 9.97 Å². The van der Waals surface area contributed by atoms with Gasteiger partial charge in [0.2, 0.25) is 11.8 Å². The molecule has 3 aromatic rings. The third-order valence-electron chi connectivity index (χ3n) is 3.85. The van der Waals surface area contributed by atoms with Crippen LogP contribution in [0.1, 0.15) is 29.8 Å². The summed E-state index contributed by atoms with van der Waals surface area (Å²) in [4.78, 5) is 22.5. The average Bonchev–Trinajstić information content (AvgIpc) is 3.13. The normalized spacial score (nSPS) is 10.8. The quantitative estimate of drug-likeness (QED) is 0.719. The molecule has 0 aliphatic rings. The number of furan rings is 1. The van der Waals surface area contributed by atoms with Gasteiger partial charge in [0.25, 0.3) is 5.91 Å². The lowest BCUT2D eigenvalue weighted by Crippen LogP contribution is -2.25. The number of hydrogen-bond acceptors (Lipinski definition) is 6. The van der Waals surface area contributed by atoms with Crippen LogP contribution < -0.4 is 10.5 Å². The van der Waals surface area contributed by atoms with Gasteiger partial charge in [-0.2, -0.15) is 4.98 Å². The lowest BCUT2D eigenvalue weighted by molar-refractivity contribution is 0.0785. The van der Waals surface area contributed by atoms with Gasteiger partial charge in [0.05, 0.1) is 24.3 Å². The van der Waals surface area contributed by atoms with Crippen LogP contribution in [0.4, 0.5) is 5.95 Å². The second kappa shape index (κ2) is 7.90. The Morgan fingerprint density at radius 1 is 1.22 bits per heavy atom. The molecule has 0 aliphatic heterocycles. The summed E-state index contributed by atoms with van der Waals surface area (Å²) in [6.07, 6.45) is 3.20. The van der Waals surface area contributed by atoms with E-state index >= 15 is 0 Å². The number of rotatable bonds is 6. The highest BCUT2D eigenvalue weighted by Gasteiger charge is 2.13. The molecule has 3 rings (SSSR count). The summed E-state index contributed by atoms with van der Waals surface area (Å²) in [5, 5.41) is 0. The number of anilines is 1. The van der Waals surface area contributed by atoms with E-state index in [1.165, 1.54) is 0 Å². The van der Waals surface area contributed by atoms with E-state index in [1.807, 2.05) is 32.0 Å². The fraction of sp³-hybridized carbons (Fsp3) is 0.250. The van der Waals surface area contributed by atoms with Crippen molar-refractivity contribution in [3.8, 4) is 17.1 Å². The molecule has 1 aromatic carbocycles. The summed E-state index contributed by atoms with van der Waals surface area (Å²) < 4.78 is 10.6. The molecule has 1 amide bonds. The Morgan fingerprint density at radius 2 is 1.96 bits per heavy atom. The number of aromatic nitrogens is 2. The van der Waals surface area contributed by atoms with Crippen LogP contribution in [0.3, 0.4) is 0 Å². The average molecular weight is 366 g/mol. The number of ether oxygens (including phenoxy) is 1. The van der Waals surface area contributed by atoms with Gasteiger partial charge in [0, 0.05) is 36.3 Å². The summed E-state index contributed by atoms with van der Waals surface area (Å²) in [5.41, 5.74) is 8.78. The monoisotopic (exact) mass is 366 g/mol. The molecule has 0 bridgehead atoms. The second-order valence-electron chi connectivity index (χ2n) is 6.49. The molecule has 0 unspecified atom stereocenters. The highest BCUT2D eigenvalue weighted by molar-refractivity contribution is 5.94. The van der Waals surface area contributed by atoms with Crippen LogP contribution in [0.15, 0.2) is 53.3 Å². The number of nitrogen functional groups attached to an aromatic ring is 1. The van der Waals surface area contributed by atoms with Gasteiger partial charge >= 0.3 is 0 Å². The molecule has 2 N–H and O–H groups in total. The van der Waals surface area contributed by atoms with Crippen molar-refractivity contribution in [3.05, 3.63) is 60.1 Å². The topological polar surface area (TPSA) is 94.5 Å². The van der Waals surface area contributed by atoms with Gasteiger partial charge in [-0.25, -0.2) is 4.98 Å². The first-order valence-electron chi connectivity index (χ1n) is 8.60. The Hall–Kier alpha value is -3.35. The van der Waals surface area contributed by atoms with E-state index in [0.717, 1.165) is 11.1 Å². The van der Waals surface area contributed by atoms with Crippen molar-refractivity contribution in [1.29, 1.82) is 0 Å². The molecule has 140 valence electrons. The summed E-state index contributed by atoms with van der Waals surface area (Å²) in [6, 6.07) is 10.8. The molecule has 0 atom stereocenters. The van der Waals surface area contributed by atoms with Crippen LogP contribution in [0.25, 0.3) is 11.3 Å². The first-order valence-corrected chi connectivity index (χ1v) is 8.60. The van der Waals surface area contributed by atoms with Crippen LogP contribution in [0.2, 0.25) is 0 Å². The van der Waals surface area contributed by atoms with Gasteiger partial charge in [-0.15, -0.1) is 0 Å². The fourth-order valence-electron chi connectivity index (χ4n) is 2.62. The number of amides is 1. The third kappa shape index (κ3) is 4.63. The molecule has 0 saturated carbocycles. The van der Waals surface area contributed by atoms with E-state index in [1.54, 1.807) is 42.7 Å². The highest BCUT2D eigenvalue weighted by Crippen LogP contribution is 2.23. The minimum Gasteiger partial charge on any atom is -0.475 e. The molecule has 7 nitrogen and oxygen atoms in total. The van der Waals surface area contributed by atoms with Crippen molar-refractivity contribution in [2.75, 3.05) is 12.8 Å². The van der Waals surface area contributed by atoms with Crippen LogP contribution in [0.5, 0.6) is 5.88 Å². The van der Waals surface area contributed by atoms with Gasteiger partial charge in [-0.05, 0) is 32.0 Å². The zero-order chi connectivity index (χ0) is 19.4. The van der Waals surface area contributed by atoms with Crippen molar-refractivity contribution in [2.45, 2.75) is 26.5 Å². The predicted octanol–water partition coefficient (Wildman–Crippen LogP) is 3.38. The molecule has 2 heterocycles. The predicted molar refractivity (Wildman–Crippen MR) is 102 cm³/mol. The molecule has 0 aliphatic carbocycles. The van der Waals surface area contributed by atoms with Crippen molar-refractivity contribution >= 4 is 11.9 Å². The van der Waals surface area contributed by atoms with E-state index in [4.69, 9.17) is 14.9 Å². The first kappa shape index (κ1) is 18.4. The molecular weight excluding hydrogens is 344 g/mol. The molecule has 7 heteroatoms. The van der Waals surface area contributed by atoms with Crippen molar-refractivity contribution < 1.29 is 13.9 Å². The minimum atomic E-state index is -0.0752. The zero-order valence-corrected chi connectivity index (χ0v) is 15.5. The number of carbonyl (C=O) groups is 1. The molecule has 0 radical (unpaired) electrons. The van der Waals surface area contributed by atoms with E-state index in [0.29, 0.717) is 23.7 Å². The van der Waals surface area contributed by atoms with Gasteiger partial charge in [0.15, 0.2) is 0 Å². The maximum absolute atomic E-state index is 12.6. The van der Waals surface area contributed by atoms with Crippen LogP contribution >= 0.6 is 0 Å². The third-order valence-corrected chi connectivity index (χ3v) is 3.85. The molecule has 0 saturated heterocycles. The Kier molecular flexibility index (Phi) is 5.40. The van der Waals surface area contributed by atoms with Gasteiger partial charge in [-0.3, -0.25) is 4.79 Å². The molecular formula is C20H22N4O3. The number of carbonyl (C=O) groups excluding carboxylic acids is 1. The number of nitrogens with two attached hydrogens (primary N) is 1. The number of nitrogens with zero attached hydrogens (tertiary/aromatic N) is 3. The number of benzene rings is 1. The van der Waals surface area contributed by atoms with Crippen LogP contribution in [-0.4, -0.2) is 33.9 Å². The lowest BCUT2D eigenvalue weighted by atomic mass is 10.1. The van der Waals surface area contributed by atoms with Crippen LogP contribution in [-0.2, 0) is 6.54 Å². The largest absolute Gasteiger partial charge is 0.475 e. The maximum atomic E-state index is 12.6. The summed E-state index contributed by atoms with van der Waals surface area (Å²) in [6.45, 7) is 4.31. The van der Waals surface area contributed by atoms with Gasteiger partial charge in [0.1, 0.15) is 0 Å². The van der Waals surface area contributed by atoms with Crippen molar-refractivity contribution in [2.24, 2.45) is 0 Å². The minimum absolute atomic E-state index is 0.0158. The Bertz CT molecular complexity index is 905. The van der Waals surface area contributed by atoms with E-state index < -0.39 is 0 Å². The van der Waals surface area contributed by atoms with Gasteiger partial charge < -0.3 is 19.8 Å². The van der Waals surface area contributed by atoms with E-state index in [9.17, 15) is 4.79 Å². The maximum Gasteiger partial charge on any atom is 0.253 e. The SMILES string of the molecule is CC(C)Oc1cc(-c2ccc(C(=O)N(C)Cc3ccoc3)cc2)nc(N)n1.